The van der Waals surface area contributed by atoms with Gasteiger partial charge in [-0.15, -0.1) is 0 Å². The number of nitrogens with two attached hydrogens (primary N) is 2. The van der Waals surface area contributed by atoms with Crippen molar-refractivity contribution in [2.45, 2.75) is 11.8 Å². The Morgan fingerprint density at radius 3 is 2.41 bits per heavy atom. The molecule has 1 heterocycles. The van der Waals surface area contributed by atoms with E-state index in [1.165, 1.54) is 10.7 Å². The molecule has 0 unspecified atom stereocenters. The highest BCUT2D eigenvalue weighted by atomic mass is 32.2. The summed E-state index contributed by atoms with van der Waals surface area (Å²) < 4.78 is 34.7. The van der Waals surface area contributed by atoms with Gasteiger partial charge in [0.15, 0.2) is 5.82 Å². The first-order chi connectivity index (χ1) is 10.3. The summed E-state index contributed by atoms with van der Waals surface area (Å²) in [6.45, 7) is 1.66. The Balaban J connectivity index is 2.47. The molecule has 0 amide bonds. The Bertz CT molecular complexity index is 993. The first-order valence-electron chi connectivity index (χ1n) is 6.41. The number of hydrogen-bond acceptors (Lipinski definition) is 5. The smallest absolute Gasteiger partial charge is 0.297 e. The van der Waals surface area contributed by atoms with Crippen molar-refractivity contribution in [1.29, 1.82) is 0 Å². The van der Waals surface area contributed by atoms with Crippen LogP contribution < -0.4 is 11.5 Å². The number of rotatable bonds is 2. The van der Waals surface area contributed by atoms with E-state index in [2.05, 4.69) is 5.10 Å². The summed E-state index contributed by atoms with van der Waals surface area (Å²) in [6, 6.07) is 10.1. The fraction of sp³-hybridized carbons (Fsp3) is 0.0714. The van der Waals surface area contributed by atoms with Gasteiger partial charge < -0.3 is 11.5 Å². The number of nitrogen functional groups attached to an aromatic ring is 2. The molecule has 0 spiro atoms. The first-order valence-corrected chi connectivity index (χ1v) is 7.85. The lowest BCUT2D eigenvalue weighted by Crippen LogP contribution is -2.10. The van der Waals surface area contributed by atoms with E-state index in [0.29, 0.717) is 16.5 Å². The molecule has 1 aromatic heterocycles. The molecule has 8 heteroatoms. The lowest BCUT2D eigenvalue weighted by molar-refractivity contribution is 0.483. The van der Waals surface area contributed by atoms with Gasteiger partial charge in [-0.25, -0.2) is 4.68 Å². The van der Waals surface area contributed by atoms with Crippen LogP contribution in [0.2, 0.25) is 0 Å². The molecule has 0 fully saturated rings. The number of aryl methyl sites for hydroxylation is 1. The molecule has 114 valence electrons. The zero-order valence-electron chi connectivity index (χ0n) is 11.7. The number of hydrogen-bond donors (Lipinski definition) is 3. The van der Waals surface area contributed by atoms with E-state index in [4.69, 9.17) is 11.5 Å². The lowest BCUT2D eigenvalue weighted by Gasteiger charge is -2.12. The predicted octanol–water partition coefficient (Wildman–Crippen LogP) is 1.75. The topological polar surface area (TPSA) is 124 Å². The zero-order chi connectivity index (χ0) is 16.1. The van der Waals surface area contributed by atoms with Crippen LogP contribution in [0.1, 0.15) is 5.69 Å². The van der Waals surface area contributed by atoms with Crippen molar-refractivity contribution >= 4 is 32.4 Å². The molecule has 7 nitrogen and oxygen atoms in total. The molecule has 5 N–H and O–H groups in total. The van der Waals surface area contributed by atoms with Gasteiger partial charge in [0.1, 0.15) is 4.90 Å². The van der Waals surface area contributed by atoms with Crippen molar-refractivity contribution in [3.05, 3.63) is 42.1 Å². The second-order valence-electron chi connectivity index (χ2n) is 4.91. The van der Waals surface area contributed by atoms with Crippen molar-refractivity contribution < 1.29 is 13.0 Å². The van der Waals surface area contributed by atoms with Gasteiger partial charge in [-0.2, -0.15) is 13.5 Å². The summed E-state index contributed by atoms with van der Waals surface area (Å²) in [5, 5.41) is 5.21. The van der Waals surface area contributed by atoms with Crippen molar-refractivity contribution in [2.75, 3.05) is 11.5 Å². The lowest BCUT2D eigenvalue weighted by atomic mass is 10.1. The molecular formula is C14H14N4O3S. The summed E-state index contributed by atoms with van der Waals surface area (Å²) >= 11 is 0. The van der Waals surface area contributed by atoms with Crippen LogP contribution in [0.5, 0.6) is 0 Å². The average molecular weight is 318 g/mol. The van der Waals surface area contributed by atoms with E-state index < -0.39 is 10.1 Å². The first kappa shape index (κ1) is 14.4. The molecule has 0 atom stereocenters. The van der Waals surface area contributed by atoms with E-state index >= 15 is 0 Å². The van der Waals surface area contributed by atoms with Crippen LogP contribution in [-0.2, 0) is 10.1 Å². The molecule has 0 radical (unpaired) electrons. The monoisotopic (exact) mass is 318 g/mol. The Morgan fingerprint density at radius 1 is 1.14 bits per heavy atom. The Labute approximate surface area is 126 Å². The fourth-order valence-corrected chi connectivity index (χ4v) is 3.29. The zero-order valence-corrected chi connectivity index (χ0v) is 12.5. The van der Waals surface area contributed by atoms with Crippen LogP contribution in [0, 0.1) is 6.92 Å². The van der Waals surface area contributed by atoms with E-state index in [1.54, 1.807) is 37.3 Å². The molecule has 0 bridgehead atoms. The highest BCUT2D eigenvalue weighted by Gasteiger charge is 2.23. The largest absolute Gasteiger partial charge is 0.394 e. The van der Waals surface area contributed by atoms with Crippen LogP contribution in [0.15, 0.2) is 41.3 Å². The number of nitrogens with zero attached hydrogens (tertiary/aromatic N) is 2. The number of aromatic nitrogens is 2. The maximum absolute atomic E-state index is 11.9. The van der Waals surface area contributed by atoms with E-state index in [0.717, 1.165) is 0 Å². The fourth-order valence-electron chi connectivity index (χ4n) is 2.41. The second-order valence-corrected chi connectivity index (χ2v) is 6.26. The van der Waals surface area contributed by atoms with Gasteiger partial charge in [0.05, 0.1) is 17.1 Å². The molecule has 0 aliphatic heterocycles. The van der Waals surface area contributed by atoms with Crippen molar-refractivity contribution in [1.82, 2.24) is 9.78 Å². The molecule has 0 saturated heterocycles. The third-order valence-electron chi connectivity index (χ3n) is 3.49. The molecule has 0 aliphatic rings. The highest BCUT2D eigenvalue weighted by Crippen LogP contribution is 2.32. The van der Waals surface area contributed by atoms with Crippen molar-refractivity contribution in [3.63, 3.8) is 0 Å². The van der Waals surface area contributed by atoms with Gasteiger partial charge in [0.25, 0.3) is 10.1 Å². The molecule has 2 aromatic carbocycles. The molecule has 3 aromatic rings. The van der Waals surface area contributed by atoms with Crippen LogP contribution in [0.4, 0.5) is 11.5 Å². The summed E-state index contributed by atoms with van der Waals surface area (Å²) in [6.07, 6.45) is 0. The normalized spacial score (nSPS) is 11.9. The number of fused-ring (bicyclic) bond motifs is 1. The van der Waals surface area contributed by atoms with Gasteiger partial charge in [-0.3, -0.25) is 4.55 Å². The van der Waals surface area contributed by atoms with E-state index in [-0.39, 0.29) is 22.1 Å². The quantitative estimate of drug-likeness (QED) is 0.618. The van der Waals surface area contributed by atoms with Gasteiger partial charge in [-0.1, -0.05) is 30.3 Å². The summed E-state index contributed by atoms with van der Waals surface area (Å²) in [5.41, 5.74) is 12.6. The summed E-state index contributed by atoms with van der Waals surface area (Å²) in [4.78, 5) is -0.250. The number of benzene rings is 2. The molecule has 0 aliphatic carbocycles. The minimum Gasteiger partial charge on any atom is -0.394 e. The maximum atomic E-state index is 11.9. The minimum absolute atomic E-state index is 0.123. The Morgan fingerprint density at radius 2 is 1.82 bits per heavy atom. The molecular weight excluding hydrogens is 304 g/mol. The third-order valence-corrected chi connectivity index (χ3v) is 4.43. The van der Waals surface area contributed by atoms with Crippen molar-refractivity contribution in [2.24, 2.45) is 0 Å². The third kappa shape index (κ3) is 2.09. The minimum atomic E-state index is -4.49. The van der Waals surface area contributed by atoms with Gasteiger partial charge in [-0.05, 0) is 18.4 Å². The van der Waals surface area contributed by atoms with E-state index in [1.807, 2.05) is 0 Å². The van der Waals surface area contributed by atoms with Crippen LogP contribution in [-0.4, -0.2) is 22.8 Å². The van der Waals surface area contributed by atoms with Crippen LogP contribution in [0.25, 0.3) is 16.5 Å². The maximum Gasteiger partial charge on any atom is 0.297 e. The van der Waals surface area contributed by atoms with Gasteiger partial charge >= 0.3 is 0 Å². The number of anilines is 2. The Kier molecular flexibility index (Phi) is 3.08. The van der Waals surface area contributed by atoms with E-state index in [9.17, 15) is 13.0 Å². The SMILES string of the molecule is Cc1nn(-c2ccc3ccccc3c2S(=O)(=O)O)c(N)c1N. The highest BCUT2D eigenvalue weighted by molar-refractivity contribution is 7.86. The molecule has 22 heavy (non-hydrogen) atoms. The van der Waals surface area contributed by atoms with Crippen molar-refractivity contribution in [3.8, 4) is 5.69 Å². The van der Waals surface area contributed by atoms with Crippen LogP contribution >= 0.6 is 0 Å². The Hall–Kier alpha value is -2.58. The van der Waals surface area contributed by atoms with Gasteiger partial charge in [0.2, 0.25) is 0 Å². The predicted molar refractivity (Wildman–Crippen MR) is 84.4 cm³/mol. The average Bonchev–Trinajstić information content (AvgIpc) is 2.72. The van der Waals surface area contributed by atoms with Crippen LogP contribution in [0.3, 0.4) is 0 Å². The molecule has 3 rings (SSSR count). The summed E-state index contributed by atoms with van der Waals surface area (Å²) in [5.74, 6) is 0.123. The molecule has 0 saturated carbocycles. The standard InChI is InChI=1S/C14H14N4O3S/c1-8-12(15)14(16)18(17-8)11-7-6-9-4-2-3-5-10(9)13(11)22(19,20)21/h2-7H,15-16H2,1H3,(H,19,20,21). The van der Waals surface area contributed by atoms with Gasteiger partial charge in [0, 0.05) is 5.39 Å². The second kappa shape index (κ2) is 4.72. The summed E-state index contributed by atoms with van der Waals surface area (Å²) in [7, 11) is -4.49.